The van der Waals surface area contributed by atoms with Gasteiger partial charge in [-0.1, -0.05) is 115 Å². The number of fused-ring (bicyclic) bond motifs is 9. The lowest BCUT2D eigenvalue weighted by Crippen LogP contribution is -1.93. The van der Waals surface area contributed by atoms with Crippen molar-refractivity contribution in [3.63, 3.8) is 0 Å². The van der Waals surface area contributed by atoms with E-state index in [1.807, 2.05) is 6.07 Å². The summed E-state index contributed by atoms with van der Waals surface area (Å²) in [5, 5.41) is 7.22. The monoisotopic (exact) mass is 650 g/mol. The van der Waals surface area contributed by atoms with Crippen LogP contribution in [0.2, 0.25) is 0 Å². The number of furan rings is 1. The first-order chi connectivity index (χ1) is 25.3. The highest BCUT2D eigenvalue weighted by molar-refractivity contribution is 6.14. The Morgan fingerprint density at radius 1 is 0.314 bits per heavy atom. The Hall–Kier alpha value is -6.84. The molecular weight excluding hydrogens is 621 g/mol. The van der Waals surface area contributed by atoms with Gasteiger partial charge in [-0.25, -0.2) is 0 Å². The van der Waals surface area contributed by atoms with Gasteiger partial charge >= 0.3 is 0 Å². The average Bonchev–Trinajstić information content (AvgIpc) is 3.85. The van der Waals surface area contributed by atoms with Crippen molar-refractivity contribution in [3.05, 3.63) is 182 Å². The molecule has 0 saturated heterocycles. The fourth-order valence-corrected chi connectivity index (χ4v) is 8.21. The second-order valence-corrected chi connectivity index (χ2v) is 13.3. The maximum absolute atomic E-state index is 6.66. The van der Waals surface area contributed by atoms with Gasteiger partial charge in [-0.2, -0.15) is 0 Å². The second-order valence-electron chi connectivity index (χ2n) is 13.3. The van der Waals surface area contributed by atoms with Crippen LogP contribution in [0.1, 0.15) is 0 Å². The number of benzene rings is 8. The van der Waals surface area contributed by atoms with Gasteiger partial charge in [0.05, 0.1) is 22.1 Å². The molecule has 0 amide bonds. The van der Waals surface area contributed by atoms with Crippen LogP contribution in [0.3, 0.4) is 0 Å². The summed E-state index contributed by atoms with van der Waals surface area (Å²) < 4.78 is 11.4. The van der Waals surface area contributed by atoms with E-state index in [4.69, 9.17) is 4.42 Å². The Labute approximate surface area is 293 Å². The first kappa shape index (κ1) is 28.0. The van der Waals surface area contributed by atoms with Crippen LogP contribution in [-0.4, -0.2) is 9.13 Å². The Balaban J connectivity index is 1.08. The van der Waals surface area contributed by atoms with E-state index >= 15 is 0 Å². The van der Waals surface area contributed by atoms with E-state index in [1.54, 1.807) is 0 Å². The number of nitrogens with zero attached hydrogens (tertiary/aromatic N) is 2. The number of para-hydroxylation sites is 4. The van der Waals surface area contributed by atoms with Crippen LogP contribution >= 0.6 is 0 Å². The fraction of sp³-hybridized carbons (Fsp3) is 0. The molecule has 3 nitrogen and oxygen atoms in total. The molecule has 8 aromatic carbocycles. The minimum atomic E-state index is 0.886. The van der Waals surface area contributed by atoms with E-state index in [0.29, 0.717) is 0 Å². The van der Waals surface area contributed by atoms with Crippen LogP contribution in [0.25, 0.3) is 99.2 Å². The Bertz CT molecular complexity index is 3130. The molecule has 0 unspecified atom stereocenters. The molecule has 0 N–H and O–H groups in total. The molecule has 0 saturated carbocycles. The summed E-state index contributed by atoms with van der Waals surface area (Å²) in [6.07, 6.45) is 0. The summed E-state index contributed by atoms with van der Waals surface area (Å²) in [6, 6.07) is 65.4. The van der Waals surface area contributed by atoms with E-state index < -0.39 is 0 Å². The average molecular weight is 651 g/mol. The van der Waals surface area contributed by atoms with Crippen LogP contribution in [0.4, 0.5) is 0 Å². The molecule has 3 heteroatoms. The maximum atomic E-state index is 6.66. The van der Waals surface area contributed by atoms with Gasteiger partial charge in [0.2, 0.25) is 0 Å². The lowest BCUT2D eigenvalue weighted by Gasteiger charge is -2.09. The zero-order valence-corrected chi connectivity index (χ0v) is 27.6. The smallest absolute Gasteiger partial charge is 0.143 e. The number of hydrogen-bond donors (Lipinski definition) is 0. The molecule has 0 aliphatic heterocycles. The highest BCUT2D eigenvalue weighted by Crippen LogP contribution is 2.40. The number of aromatic nitrogens is 2. The fourth-order valence-electron chi connectivity index (χ4n) is 8.21. The van der Waals surface area contributed by atoms with E-state index in [1.165, 1.54) is 60.4 Å². The summed E-state index contributed by atoms with van der Waals surface area (Å²) in [6.45, 7) is 0. The molecule has 0 spiro atoms. The first-order valence-electron chi connectivity index (χ1n) is 17.4. The Morgan fingerprint density at radius 2 is 0.863 bits per heavy atom. The van der Waals surface area contributed by atoms with E-state index in [9.17, 15) is 0 Å². The van der Waals surface area contributed by atoms with Crippen molar-refractivity contribution < 1.29 is 4.42 Å². The van der Waals surface area contributed by atoms with Crippen LogP contribution in [-0.2, 0) is 0 Å². The predicted molar refractivity (Wildman–Crippen MR) is 213 cm³/mol. The zero-order valence-electron chi connectivity index (χ0n) is 27.6. The molecule has 0 bridgehead atoms. The van der Waals surface area contributed by atoms with Crippen LogP contribution in [0.15, 0.2) is 186 Å². The number of rotatable bonds is 4. The van der Waals surface area contributed by atoms with Crippen molar-refractivity contribution in [2.24, 2.45) is 0 Å². The quantitative estimate of drug-likeness (QED) is 0.186. The molecule has 0 atom stereocenters. The highest BCUT2D eigenvalue weighted by atomic mass is 16.3. The molecule has 238 valence electrons. The van der Waals surface area contributed by atoms with Crippen LogP contribution in [0, 0.1) is 0 Å². The molecule has 51 heavy (non-hydrogen) atoms. The van der Waals surface area contributed by atoms with Gasteiger partial charge in [0.25, 0.3) is 0 Å². The topological polar surface area (TPSA) is 23.0 Å². The van der Waals surface area contributed by atoms with Crippen molar-refractivity contribution in [1.29, 1.82) is 0 Å². The van der Waals surface area contributed by atoms with Crippen molar-refractivity contribution in [1.82, 2.24) is 9.13 Å². The largest absolute Gasteiger partial charge is 0.455 e. The lowest BCUT2D eigenvalue weighted by molar-refractivity contribution is 0.669. The molecule has 0 aliphatic carbocycles. The zero-order chi connectivity index (χ0) is 33.5. The molecular formula is C48H30N2O. The molecule has 0 radical (unpaired) electrons. The Morgan fingerprint density at radius 3 is 1.53 bits per heavy atom. The number of hydrogen-bond acceptors (Lipinski definition) is 1. The van der Waals surface area contributed by atoms with E-state index in [2.05, 4.69) is 185 Å². The molecule has 3 heterocycles. The van der Waals surface area contributed by atoms with E-state index in [0.717, 1.165) is 38.8 Å². The van der Waals surface area contributed by atoms with Crippen molar-refractivity contribution >= 4 is 65.6 Å². The normalized spacial score (nSPS) is 11.9. The predicted octanol–water partition coefficient (Wildman–Crippen LogP) is 13.1. The van der Waals surface area contributed by atoms with Crippen molar-refractivity contribution in [3.8, 4) is 33.6 Å². The summed E-state index contributed by atoms with van der Waals surface area (Å²) in [4.78, 5) is 0. The molecule has 0 aliphatic rings. The van der Waals surface area contributed by atoms with Gasteiger partial charge in [-0.3, -0.25) is 0 Å². The Kier molecular flexibility index (Phi) is 5.96. The third kappa shape index (κ3) is 4.19. The third-order valence-corrected chi connectivity index (χ3v) is 10.5. The standard InChI is InChI=1S/C48H30N2O/c1-3-12-31(13-4-1)36-18-11-19-40-39-25-24-35(30-47(39)51-48(36)40)50-44-21-10-8-17-38(44)42-29-33(23-27-46(42)50)32-22-26-45-41(28-32)37-16-7-9-20-43(37)49(45)34-14-5-2-6-15-34/h1-30H. The van der Waals surface area contributed by atoms with Crippen LogP contribution in [0.5, 0.6) is 0 Å². The minimum absolute atomic E-state index is 0.886. The summed E-state index contributed by atoms with van der Waals surface area (Å²) in [5.41, 5.74) is 13.5. The highest BCUT2D eigenvalue weighted by Gasteiger charge is 2.18. The summed E-state index contributed by atoms with van der Waals surface area (Å²) in [7, 11) is 0. The van der Waals surface area contributed by atoms with E-state index in [-0.39, 0.29) is 0 Å². The van der Waals surface area contributed by atoms with Crippen LogP contribution < -0.4 is 0 Å². The van der Waals surface area contributed by atoms with Gasteiger partial charge < -0.3 is 13.6 Å². The molecule has 3 aromatic heterocycles. The molecule has 11 rings (SSSR count). The summed E-state index contributed by atoms with van der Waals surface area (Å²) >= 11 is 0. The van der Waals surface area contributed by atoms with Gasteiger partial charge in [-0.15, -0.1) is 0 Å². The third-order valence-electron chi connectivity index (χ3n) is 10.5. The maximum Gasteiger partial charge on any atom is 0.143 e. The van der Waals surface area contributed by atoms with Gasteiger partial charge in [0.1, 0.15) is 11.2 Å². The second kappa shape index (κ2) is 10.8. The van der Waals surface area contributed by atoms with Crippen molar-refractivity contribution in [2.45, 2.75) is 0 Å². The van der Waals surface area contributed by atoms with Crippen molar-refractivity contribution in [2.75, 3.05) is 0 Å². The van der Waals surface area contributed by atoms with Gasteiger partial charge in [-0.05, 0) is 77.4 Å². The molecule has 11 aromatic rings. The minimum Gasteiger partial charge on any atom is -0.455 e. The first-order valence-corrected chi connectivity index (χ1v) is 17.4. The summed E-state index contributed by atoms with van der Waals surface area (Å²) in [5.74, 6) is 0. The van der Waals surface area contributed by atoms with Gasteiger partial charge in [0.15, 0.2) is 0 Å². The lowest BCUT2D eigenvalue weighted by atomic mass is 10.0. The van der Waals surface area contributed by atoms with Gasteiger partial charge in [0, 0.05) is 55.3 Å². The SMILES string of the molecule is c1ccc(-c2cccc3c2oc2cc(-n4c5ccccc5c5cc(-c6ccc7c(c6)c6ccccc6n7-c6ccccc6)ccc54)ccc23)cc1. The molecule has 0 fully saturated rings.